The summed E-state index contributed by atoms with van der Waals surface area (Å²) in [5.41, 5.74) is 1.10. The van der Waals surface area contributed by atoms with Gasteiger partial charge in [0.25, 0.3) is 0 Å². The van der Waals surface area contributed by atoms with Crippen molar-refractivity contribution >= 4 is 11.9 Å². The van der Waals surface area contributed by atoms with Gasteiger partial charge in [-0.1, -0.05) is 6.07 Å². The van der Waals surface area contributed by atoms with E-state index in [2.05, 4.69) is 0 Å². The van der Waals surface area contributed by atoms with E-state index in [1.54, 1.807) is 7.05 Å². The highest BCUT2D eigenvalue weighted by molar-refractivity contribution is 5.76. The molecule has 0 aromatic heterocycles. The minimum Gasteiger partial charge on any atom is -0.486 e. The number of ether oxygens (including phenoxy) is 2. The molecule has 2 rings (SSSR count). The molecular weight excluding hydrogens is 286 g/mol. The number of carbonyl (C=O) groups is 2. The molecule has 0 spiro atoms. The molecule has 1 aliphatic heterocycles. The molecule has 0 unspecified atom stereocenters. The maximum Gasteiger partial charge on any atom is 0.305 e. The number of carbonyl (C=O) groups excluding carboxylic acids is 1. The quantitative estimate of drug-likeness (QED) is 0.830. The lowest BCUT2D eigenvalue weighted by Crippen LogP contribution is -2.28. The first-order valence-corrected chi connectivity index (χ1v) is 7.40. The van der Waals surface area contributed by atoms with Gasteiger partial charge in [0.15, 0.2) is 11.5 Å². The van der Waals surface area contributed by atoms with Gasteiger partial charge in [-0.25, -0.2) is 0 Å². The Kier molecular flexibility index (Phi) is 5.63. The van der Waals surface area contributed by atoms with Gasteiger partial charge >= 0.3 is 5.97 Å². The Balaban J connectivity index is 1.76. The van der Waals surface area contributed by atoms with Crippen molar-refractivity contribution in [3.63, 3.8) is 0 Å². The molecule has 1 heterocycles. The van der Waals surface area contributed by atoms with Gasteiger partial charge < -0.3 is 19.5 Å². The van der Waals surface area contributed by atoms with Crippen LogP contribution in [0.2, 0.25) is 0 Å². The molecule has 6 heteroatoms. The molecule has 0 aliphatic carbocycles. The molecule has 1 N–H and O–H groups in total. The largest absolute Gasteiger partial charge is 0.486 e. The lowest BCUT2D eigenvalue weighted by Gasteiger charge is -2.19. The molecule has 22 heavy (non-hydrogen) atoms. The highest BCUT2D eigenvalue weighted by Crippen LogP contribution is 2.31. The fraction of sp³-hybridized carbons (Fsp3) is 0.500. The first kappa shape index (κ1) is 16.1. The third-order valence-electron chi connectivity index (χ3n) is 3.55. The van der Waals surface area contributed by atoms with E-state index in [4.69, 9.17) is 14.6 Å². The minimum atomic E-state index is -0.893. The zero-order valence-corrected chi connectivity index (χ0v) is 12.7. The normalized spacial score (nSPS) is 12.8. The van der Waals surface area contributed by atoms with E-state index >= 15 is 0 Å². The number of rotatable bonds is 7. The molecular formula is C16H21NO5. The second-order valence-electron chi connectivity index (χ2n) is 5.29. The van der Waals surface area contributed by atoms with Gasteiger partial charge in [0.1, 0.15) is 13.2 Å². The van der Waals surface area contributed by atoms with Crippen LogP contribution < -0.4 is 9.47 Å². The van der Waals surface area contributed by atoms with Crippen molar-refractivity contribution in [2.45, 2.75) is 25.7 Å². The first-order valence-electron chi connectivity index (χ1n) is 7.40. The number of fused-ring (bicyclic) bond motifs is 1. The van der Waals surface area contributed by atoms with Gasteiger partial charge in [0, 0.05) is 20.0 Å². The van der Waals surface area contributed by atoms with Crippen LogP contribution in [-0.4, -0.2) is 48.7 Å². The number of hydrogen-bond donors (Lipinski definition) is 1. The molecule has 0 atom stereocenters. The van der Waals surface area contributed by atoms with E-state index in [0.717, 1.165) is 29.9 Å². The summed E-state index contributed by atoms with van der Waals surface area (Å²) in [6, 6.07) is 5.82. The molecule has 0 bridgehead atoms. The van der Waals surface area contributed by atoms with Crippen molar-refractivity contribution in [2.24, 2.45) is 0 Å². The van der Waals surface area contributed by atoms with Crippen LogP contribution in [0.15, 0.2) is 18.2 Å². The molecule has 6 nitrogen and oxygen atoms in total. The molecule has 1 aliphatic rings. The van der Waals surface area contributed by atoms with Crippen LogP contribution in [0, 0.1) is 0 Å². The third-order valence-corrected chi connectivity index (χ3v) is 3.55. The van der Waals surface area contributed by atoms with Crippen molar-refractivity contribution in [2.75, 3.05) is 26.8 Å². The fourth-order valence-corrected chi connectivity index (χ4v) is 2.27. The van der Waals surface area contributed by atoms with E-state index in [9.17, 15) is 9.59 Å². The van der Waals surface area contributed by atoms with E-state index in [-0.39, 0.29) is 18.9 Å². The van der Waals surface area contributed by atoms with Crippen LogP contribution >= 0.6 is 0 Å². The molecule has 0 radical (unpaired) electrons. The number of carboxylic acid groups (broad SMARTS) is 1. The van der Waals surface area contributed by atoms with Crippen molar-refractivity contribution in [3.05, 3.63) is 23.8 Å². The summed E-state index contributed by atoms with van der Waals surface area (Å²) >= 11 is 0. The van der Waals surface area contributed by atoms with E-state index in [0.29, 0.717) is 19.6 Å². The Morgan fingerprint density at radius 2 is 1.91 bits per heavy atom. The highest BCUT2D eigenvalue weighted by Gasteiger charge is 2.13. The Labute approximate surface area is 129 Å². The summed E-state index contributed by atoms with van der Waals surface area (Å²) in [5.74, 6) is 0.600. The van der Waals surface area contributed by atoms with Crippen molar-refractivity contribution in [1.29, 1.82) is 0 Å². The van der Waals surface area contributed by atoms with Gasteiger partial charge in [-0.05, 0) is 30.5 Å². The summed E-state index contributed by atoms with van der Waals surface area (Å²) in [4.78, 5) is 23.8. The van der Waals surface area contributed by atoms with Crippen molar-refractivity contribution in [3.8, 4) is 11.5 Å². The summed E-state index contributed by atoms with van der Waals surface area (Å²) in [5, 5.41) is 8.61. The van der Waals surface area contributed by atoms with Gasteiger partial charge in [-0.3, -0.25) is 9.59 Å². The number of aryl methyl sites for hydroxylation is 1. The maximum absolute atomic E-state index is 11.9. The molecule has 120 valence electrons. The fourth-order valence-electron chi connectivity index (χ4n) is 2.27. The first-order chi connectivity index (χ1) is 10.6. The van der Waals surface area contributed by atoms with Crippen molar-refractivity contribution < 1.29 is 24.2 Å². The third kappa shape index (κ3) is 4.65. The number of aliphatic carboxylic acids is 1. The maximum atomic E-state index is 11.9. The predicted octanol–water partition coefficient (Wildman–Crippen LogP) is 1.71. The monoisotopic (exact) mass is 307 g/mol. The summed E-state index contributed by atoms with van der Waals surface area (Å²) < 4.78 is 11.0. The van der Waals surface area contributed by atoms with Crippen LogP contribution in [0.1, 0.15) is 24.8 Å². The van der Waals surface area contributed by atoms with Crippen LogP contribution in [0.25, 0.3) is 0 Å². The molecule has 1 amide bonds. The second-order valence-corrected chi connectivity index (χ2v) is 5.29. The highest BCUT2D eigenvalue weighted by atomic mass is 16.6. The molecule has 0 fully saturated rings. The zero-order valence-electron chi connectivity index (χ0n) is 12.7. The number of hydrogen-bond acceptors (Lipinski definition) is 4. The molecule has 1 aromatic rings. The topological polar surface area (TPSA) is 76.1 Å². The SMILES string of the molecule is CN(CCC(=O)O)C(=O)CCCc1ccc2c(c1)OCCO2. The average molecular weight is 307 g/mol. The van der Waals surface area contributed by atoms with E-state index < -0.39 is 5.97 Å². The number of amides is 1. The Hall–Kier alpha value is -2.24. The molecule has 0 saturated carbocycles. The Morgan fingerprint density at radius 3 is 2.64 bits per heavy atom. The van der Waals surface area contributed by atoms with Crippen molar-refractivity contribution in [1.82, 2.24) is 4.90 Å². The minimum absolute atomic E-state index is 0.0234. The van der Waals surface area contributed by atoms with Gasteiger partial charge in [-0.2, -0.15) is 0 Å². The molecule has 1 aromatic carbocycles. The summed E-state index contributed by atoms with van der Waals surface area (Å²) in [6.45, 7) is 1.38. The van der Waals surface area contributed by atoms with Gasteiger partial charge in [-0.15, -0.1) is 0 Å². The van der Waals surface area contributed by atoms with Crippen LogP contribution in [0.4, 0.5) is 0 Å². The standard InChI is InChI=1S/C16H21NO5/c1-17(8-7-16(19)20)15(18)4-2-3-12-5-6-13-14(11-12)22-10-9-21-13/h5-6,11H,2-4,7-10H2,1H3,(H,19,20). The summed E-state index contributed by atoms with van der Waals surface area (Å²) in [7, 11) is 1.63. The van der Waals surface area contributed by atoms with Gasteiger partial charge in [0.2, 0.25) is 5.91 Å². The van der Waals surface area contributed by atoms with Crippen LogP contribution in [-0.2, 0) is 16.0 Å². The lowest BCUT2D eigenvalue weighted by atomic mass is 10.1. The number of carboxylic acids is 1. The van der Waals surface area contributed by atoms with E-state index in [1.807, 2.05) is 18.2 Å². The predicted molar refractivity (Wildman–Crippen MR) is 80.3 cm³/mol. The summed E-state index contributed by atoms with van der Waals surface area (Å²) in [6.07, 6.45) is 1.88. The average Bonchev–Trinajstić information content (AvgIpc) is 2.52. The Bertz CT molecular complexity index is 543. The second kappa shape index (κ2) is 7.68. The Morgan fingerprint density at radius 1 is 1.18 bits per heavy atom. The van der Waals surface area contributed by atoms with Gasteiger partial charge in [0.05, 0.1) is 6.42 Å². The number of benzene rings is 1. The van der Waals surface area contributed by atoms with E-state index in [1.165, 1.54) is 4.90 Å². The molecule has 0 saturated heterocycles. The smallest absolute Gasteiger partial charge is 0.305 e. The van der Waals surface area contributed by atoms with Crippen LogP contribution in [0.3, 0.4) is 0 Å². The lowest BCUT2D eigenvalue weighted by molar-refractivity contribution is -0.138. The number of nitrogens with zero attached hydrogens (tertiary/aromatic N) is 1. The van der Waals surface area contributed by atoms with Crippen LogP contribution in [0.5, 0.6) is 11.5 Å². The zero-order chi connectivity index (χ0) is 15.9.